The summed E-state index contributed by atoms with van der Waals surface area (Å²) >= 11 is 4.37. The molecule has 0 saturated carbocycles. The Labute approximate surface area is 148 Å². The van der Waals surface area contributed by atoms with Crippen LogP contribution in [0.4, 0.5) is 0 Å². The number of aryl methyl sites for hydroxylation is 1. The fraction of sp³-hybridized carbons (Fsp3) is 0.412. The molecule has 2 amide bonds. The predicted molar refractivity (Wildman–Crippen MR) is 90.4 cm³/mol. The molecule has 1 saturated heterocycles. The Morgan fingerprint density at radius 2 is 1.88 bits per heavy atom. The van der Waals surface area contributed by atoms with E-state index in [2.05, 4.69) is 0 Å². The Morgan fingerprint density at radius 1 is 1.21 bits per heavy atom. The van der Waals surface area contributed by atoms with Gasteiger partial charge in [0.15, 0.2) is 11.1 Å². The molecule has 128 valence electrons. The van der Waals surface area contributed by atoms with Crippen LogP contribution in [0.1, 0.15) is 18.4 Å². The van der Waals surface area contributed by atoms with E-state index in [1.807, 2.05) is 19.1 Å². The molecule has 0 radical (unpaired) electrons. The highest BCUT2D eigenvalue weighted by molar-refractivity contribution is 7.80. The SMILES string of the molecule is Cc1ccc([S@](=O)OCCN2C(=O)[C@H]3CC=C(Cl)C[C@H]3C2=O)cc1. The number of rotatable bonds is 5. The molecule has 0 unspecified atom stereocenters. The fourth-order valence-electron chi connectivity index (χ4n) is 3.04. The molecule has 2 aliphatic rings. The van der Waals surface area contributed by atoms with E-state index in [1.165, 1.54) is 4.90 Å². The van der Waals surface area contributed by atoms with Crippen molar-refractivity contribution >= 4 is 34.5 Å². The van der Waals surface area contributed by atoms with E-state index in [-0.39, 0.29) is 36.8 Å². The van der Waals surface area contributed by atoms with Gasteiger partial charge in [-0.2, -0.15) is 0 Å². The van der Waals surface area contributed by atoms with Gasteiger partial charge in [0, 0.05) is 5.03 Å². The molecule has 0 spiro atoms. The lowest BCUT2D eigenvalue weighted by molar-refractivity contribution is -0.140. The number of carbonyl (C=O) groups excluding carboxylic acids is 2. The minimum atomic E-state index is -1.61. The third-order valence-electron chi connectivity index (χ3n) is 4.38. The highest BCUT2D eigenvalue weighted by Crippen LogP contribution is 2.38. The van der Waals surface area contributed by atoms with Crippen molar-refractivity contribution in [2.75, 3.05) is 13.2 Å². The molecule has 0 bridgehead atoms. The van der Waals surface area contributed by atoms with Crippen LogP contribution in [0.25, 0.3) is 0 Å². The van der Waals surface area contributed by atoms with Gasteiger partial charge in [-0.3, -0.25) is 18.7 Å². The first kappa shape index (κ1) is 17.3. The second-order valence-corrected chi connectivity index (χ2v) is 7.66. The highest BCUT2D eigenvalue weighted by Gasteiger charge is 2.48. The van der Waals surface area contributed by atoms with Crippen molar-refractivity contribution in [3.05, 3.63) is 40.9 Å². The van der Waals surface area contributed by atoms with Crippen LogP contribution in [0.5, 0.6) is 0 Å². The van der Waals surface area contributed by atoms with Gasteiger partial charge < -0.3 is 0 Å². The van der Waals surface area contributed by atoms with Gasteiger partial charge in [-0.1, -0.05) is 35.4 Å². The molecule has 1 aromatic carbocycles. The Morgan fingerprint density at radius 3 is 2.58 bits per heavy atom. The topological polar surface area (TPSA) is 63.7 Å². The third kappa shape index (κ3) is 3.45. The minimum Gasteiger partial charge on any atom is -0.285 e. The Bertz CT molecular complexity index is 716. The van der Waals surface area contributed by atoms with Crippen molar-refractivity contribution in [3.8, 4) is 0 Å². The summed E-state index contributed by atoms with van der Waals surface area (Å²) in [6.07, 6.45) is 2.73. The number of hydrogen-bond acceptors (Lipinski definition) is 4. The number of hydrogen-bond donors (Lipinski definition) is 0. The van der Waals surface area contributed by atoms with Gasteiger partial charge in [-0.05, 0) is 31.9 Å². The quantitative estimate of drug-likeness (QED) is 0.750. The summed E-state index contributed by atoms with van der Waals surface area (Å²) in [7, 11) is 0. The third-order valence-corrected chi connectivity index (χ3v) is 5.73. The van der Waals surface area contributed by atoms with Crippen LogP contribution in [-0.2, 0) is 24.9 Å². The first-order chi connectivity index (χ1) is 11.5. The number of allylic oxidation sites excluding steroid dienone is 2. The lowest BCUT2D eigenvalue weighted by Gasteiger charge is -2.17. The van der Waals surface area contributed by atoms with E-state index < -0.39 is 11.1 Å². The second-order valence-electron chi connectivity index (χ2n) is 6.00. The predicted octanol–water partition coefficient (Wildman–Crippen LogP) is 2.55. The summed E-state index contributed by atoms with van der Waals surface area (Å²) in [5, 5.41) is 0.635. The number of imide groups is 1. The minimum absolute atomic E-state index is 0.0402. The molecule has 1 fully saturated rings. The van der Waals surface area contributed by atoms with E-state index >= 15 is 0 Å². The molecule has 5 nitrogen and oxygen atoms in total. The van der Waals surface area contributed by atoms with Gasteiger partial charge in [0.2, 0.25) is 11.8 Å². The van der Waals surface area contributed by atoms with Crippen LogP contribution in [0.2, 0.25) is 0 Å². The van der Waals surface area contributed by atoms with Crippen LogP contribution < -0.4 is 0 Å². The zero-order chi connectivity index (χ0) is 17.3. The molecule has 24 heavy (non-hydrogen) atoms. The first-order valence-electron chi connectivity index (χ1n) is 7.79. The summed E-state index contributed by atoms with van der Waals surface area (Å²) in [6.45, 7) is 2.09. The van der Waals surface area contributed by atoms with Crippen molar-refractivity contribution in [2.45, 2.75) is 24.7 Å². The summed E-state index contributed by atoms with van der Waals surface area (Å²) in [5.74, 6) is -1.07. The van der Waals surface area contributed by atoms with E-state index in [1.54, 1.807) is 18.2 Å². The number of fused-ring (bicyclic) bond motifs is 1. The van der Waals surface area contributed by atoms with Gasteiger partial charge in [0.1, 0.15) is 0 Å². The van der Waals surface area contributed by atoms with Crippen LogP contribution in [0.3, 0.4) is 0 Å². The average Bonchev–Trinajstić information content (AvgIpc) is 2.79. The van der Waals surface area contributed by atoms with Crippen molar-refractivity contribution in [2.24, 2.45) is 11.8 Å². The van der Waals surface area contributed by atoms with E-state index in [9.17, 15) is 13.8 Å². The molecule has 1 aliphatic heterocycles. The Hall–Kier alpha value is -1.50. The number of likely N-dealkylation sites (tertiary alicyclic amines) is 1. The highest BCUT2D eigenvalue weighted by atomic mass is 35.5. The number of nitrogens with zero attached hydrogens (tertiary/aromatic N) is 1. The largest absolute Gasteiger partial charge is 0.285 e. The standard InChI is InChI=1S/C17H18ClNO4S/c1-11-2-5-13(6-3-11)24(22)23-9-8-19-16(20)14-7-4-12(18)10-15(14)17(19)21/h2-6,14-15H,7-10H2,1H3/t14-,15+,24+/m0/s1. The van der Waals surface area contributed by atoms with E-state index in [4.69, 9.17) is 15.8 Å². The molecule has 7 heteroatoms. The molecule has 0 N–H and O–H groups in total. The number of amides is 2. The lowest BCUT2D eigenvalue weighted by atomic mass is 9.85. The molecular formula is C17H18ClNO4S. The van der Waals surface area contributed by atoms with Gasteiger partial charge in [0.25, 0.3) is 0 Å². The Balaban J connectivity index is 1.55. The van der Waals surface area contributed by atoms with Gasteiger partial charge in [0.05, 0.1) is 29.9 Å². The van der Waals surface area contributed by atoms with Crippen molar-refractivity contribution in [1.29, 1.82) is 0 Å². The second kappa shape index (κ2) is 7.17. The molecule has 3 rings (SSSR count). The smallest absolute Gasteiger partial charge is 0.233 e. The monoisotopic (exact) mass is 367 g/mol. The maximum absolute atomic E-state index is 12.4. The zero-order valence-corrected chi connectivity index (χ0v) is 14.8. The molecule has 3 atom stereocenters. The summed E-state index contributed by atoms with van der Waals surface area (Å²) in [4.78, 5) is 26.5. The van der Waals surface area contributed by atoms with Crippen molar-refractivity contribution < 1.29 is 18.0 Å². The van der Waals surface area contributed by atoms with Crippen LogP contribution in [0.15, 0.2) is 40.3 Å². The van der Waals surface area contributed by atoms with Gasteiger partial charge >= 0.3 is 0 Å². The Kier molecular flexibility index (Phi) is 5.18. The summed E-state index contributed by atoms with van der Waals surface area (Å²) < 4.78 is 17.3. The lowest BCUT2D eigenvalue weighted by Crippen LogP contribution is -2.34. The van der Waals surface area contributed by atoms with Crippen molar-refractivity contribution in [3.63, 3.8) is 0 Å². The van der Waals surface area contributed by atoms with E-state index in [0.717, 1.165) is 5.56 Å². The fourth-order valence-corrected chi connectivity index (χ4v) is 4.01. The molecule has 0 aromatic heterocycles. The molecule has 1 aliphatic carbocycles. The maximum Gasteiger partial charge on any atom is 0.233 e. The average molecular weight is 368 g/mol. The zero-order valence-electron chi connectivity index (χ0n) is 13.2. The molecular weight excluding hydrogens is 350 g/mol. The van der Waals surface area contributed by atoms with Crippen LogP contribution in [-0.4, -0.2) is 34.1 Å². The number of carbonyl (C=O) groups is 2. The van der Waals surface area contributed by atoms with E-state index in [0.29, 0.717) is 22.8 Å². The summed E-state index contributed by atoms with van der Waals surface area (Å²) in [6, 6.07) is 7.18. The van der Waals surface area contributed by atoms with Gasteiger partial charge in [-0.15, -0.1) is 0 Å². The van der Waals surface area contributed by atoms with Crippen molar-refractivity contribution in [1.82, 2.24) is 4.90 Å². The van der Waals surface area contributed by atoms with Crippen LogP contribution >= 0.6 is 11.6 Å². The normalized spacial score (nSPS) is 24.8. The first-order valence-corrected chi connectivity index (χ1v) is 9.24. The maximum atomic E-state index is 12.4. The molecule has 1 aromatic rings. The number of halogens is 1. The molecule has 1 heterocycles. The summed E-state index contributed by atoms with van der Waals surface area (Å²) in [5.41, 5.74) is 1.07. The van der Waals surface area contributed by atoms with Crippen LogP contribution in [0, 0.1) is 18.8 Å². The number of benzene rings is 1. The van der Waals surface area contributed by atoms with Gasteiger partial charge in [-0.25, -0.2) is 4.21 Å².